The maximum Gasteiger partial charge on any atom is 0.0845 e. The van der Waals surface area contributed by atoms with E-state index >= 15 is 0 Å². The average Bonchev–Trinajstić information content (AvgIpc) is 3.59. The van der Waals surface area contributed by atoms with E-state index in [-0.39, 0.29) is 12.2 Å². The second-order valence-corrected chi connectivity index (χ2v) is 13.3. The van der Waals surface area contributed by atoms with Crippen LogP contribution in [0.2, 0.25) is 0 Å². The van der Waals surface area contributed by atoms with Crippen molar-refractivity contribution < 1.29 is 10.2 Å². The number of aliphatic hydroxyl groups is 2. The van der Waals surface area contributed by atoms with Crippen LogP contribution in [0, 0.1) is 0 Å². The quantitative estimate of drug-likeness (QED) is 0.230. The number of fused-ring (bicyclic) bond motifs is 6. The molecule has 0 spiro atoms. The Hall–Kier alpha value is -3.76. The van der Waals surface area contributed by atoms with Gasteiger partial charge in [0.1, 0.15) is 0 Å². The molecule has 0 amide bonds. The standard InChI is InChI=1S/C20H25N3O.C19H23N3O/c1-21-10-12-22(13-11-21)14-16(24)15-23-19-8-4-2-6-17(19)18-7-3-5-9-20(18)23;23-15(13-21-11-9-20-10-12-21)14-22-18-7-3-1-5-16(18)17-6-2-4-8-19(17)22/h2-9,16,24H,10-15H2,1H3;1-8,15,20,23H,9-14H2. The summed E-state index contributed by atoms with van der Waals surface area (Å²) in [5.41, 5.74) is 4.81. The van der Waals surface area contributed by atoms with Gasteiger partial charge in [-0.25, -0.2) is 0 Å². The van der Waals surface area contributed by atoms with Crippen molar-refractivity contribution in [3.05, 3.63) is 97.1 Å². The minimum atomic E-state index is -0.354. The molecule has 2 aliphatic rings. The van der Waals surface area contributed by atoms with Crippen molar-refractivity contribution in [3.63, 3.8) is 0 Å². The van der Waals surface area contributed by atoms with Gasteiger partial charge in [0.2, 0.25) is 0 Å². The molecule has 8 heteroatoms. The van der Waals surface area contributed by atoms with Crippen LogP contribution in [0.25, 0.3) is 43.6 Å². The van der Waals surface area contributed by atoms with Crippen LogP contribution in [-0.4, -0.2) is 119 Å². The molecule has 2 atom stereocenters. The maximum absolute atomic E-state index is 10.7. The molecule has 2 fully saturated rings. The zero-order valence-corrected chi connectivity index (χ0v) is 27.5. The highest BCUT2D eigenvalue weighted by Crippen LogP contribution is 2.30. The van der Waals surface area contributed by atoms with Crippen molar-refractivity contribution in [2.45, 2.75) is 25.3 Å². The van der Waals surface area contributed by atoms with E-state index in [0.29, 0.717) is 13.1 Å². The van der Waals surface area contributed by atoms with Crippen molar-refractivity contribution in [1.82, 2.24) is 29.2 Å². The molecule has 3 N–H and O–H groups in total. The molecular weight excluding hydrogens is 584 g/mol. The molecule has 2 aromatic heterocycles. The molecule has 2 saturated heterocycles. The Kier molecular flexibility index (Phi) is 9.86. The highest BCUT2D eigenvalue weighted by atomic mass is 16.3. The number of para-hydroxylation sites is 4. The molecule has 2 unspecified atom stereocenters. The van der Waals surface area contributed by atoms with Gasteiger partial charge in [-0.15, -0.1) is 0 Å². The molecule has 0 radical (unpaired) electrons. The first-order chi connectivity index (χ1) is 23.0. The molecule has 8 rings (SSSR count). The molecular formula is C39H48N6O2. The second kappa shape index (κ2) is 14.6. The van der Waals surface area contributed by atoms with E-state index < -0.39 is 0 Å². The lowest BCUT2D eigenvalue weighted by molar-refractivity contribution is 0.0723. The number of rotatable bonds is 8. The summed E-state index contributed by atoms with van der Waals surface area (Å²) in [5, 5.41) is 29.7. The largest absolute Gasteiger partial charge is 0.390 e. The van der Waals surface area contributed by atoms with Gasteiger partial charge in [0.25, 0.3) is 0 Å². The number of piperazine rings is 2. The molecule has 6 aromatic rings. The number of benzene rings is 4. The van der Waals surface area contributed by atoms with Crippen molar-refractivity contribution in [3.8, 4) is 0 Å². The lowest BCUT2D eigenvalue weighted by Gasteiger charge is -2.33. The van der Waals surface area contributed by atoms with E-state index in [1.54, 1.807) is 0 Å². The molecule has 2 aliphatic heterocycles. The van der Waals surface area contributed by atoms with Crippen molar-refractivity contribution >= 4 is 43.6 Å². The molecule has 4 heterocycles. The normalized spacial score (nSPS) is 18.1. The van der Waals surface area contributed by atoms with E-state index in [0.717, 1.165) is 65.4 Å². The minimum Gasteiger partial charge on any atom is -0.390 e. The zero-order chi connectivity index (χ0) is 32.2. The average molecular weight is 633 g/mol. The summed E-state index contributed by atoms with van der Waals surface area (Å²) in [6, 6.07) is 33.9. The fourth-order valence-corrected chi connectivity index (χ4v) is 7.46. The van der Waals surface area contributed by atoms with Gasteiger partial charge >= 0.3 is 0 Å². The first-order valence-electron chi connectivity index (χ1n) is 17.2. The van der Waals surface area contributed by atoms with Crippen molar-refractivity contribution in [1.29, 1.82) is 0 Å². The summed E-state index contributed by atoms with van der Waals surface area (Å²) >= 11 is 0. The van der Waals surface area contributed by atoms with Gasteiger partial charge in [-0.2, -0.15) is 0 Å². The van der Waals surface area contributed by atoms with Crippen LogP contribution in [-0.2, 0) is 13.1 Å². The fraction of sp³-hybridized carbons (Fsp3) is 0.385. The van der Waals surface area contributed by atoms with Crippen LogP contribution >= 0.6 is 0 Å². The number of nitrogens with zero attached hydrogens (tertiary/aromatic N) is 5. The Bertz CT molecular complexity index is 1810. The lowest BCUT2D eigenvalue weighted by Crippen LogP contribution is -2.47. The summed E-state index contributed by atoms with van der Waals surface area (Å²) in [6.07, 6.45) is -0.708. The van der Waals surface area contributed by atoms with Crippen LogP contribution in [0.4, 0.5) is 0 Å². The summed E-state index contributed by atoms with van der Waals surface area (Å²) in [4.78, 5) is 7.06. The molecule has 0 bridgehead atoms. The molecule has 47 heavy (non-hydrogen) atoms. The van der Waals surface area contributed by atoms with Gasteiger partial charge in [0, 0.05) is 109 Å². The third-order valence-corrected chi connectivity index (χ3v) is 9.89. The van der Waals surface area contributed by atoms with E-state index in [1.807, 2.05) is 0 Å². The first-order valence-corrected chi connectivity index (χ1v) is 17.2. The number of aromatic nitrogens is 2. The maximum atomic E-state index is 10.7. The number of hydrogen-bond donors (Lipinski definition) is 3. The van der Waals surface area contributed by atoms with E-state index in [2.05, 4.69) is 133 Å². The highest BCUT2D eigenvalue weighted by Gasteiger charge is 2.20. The molecule has 0 saturated carbocycles. The van der Waals surface area contributed by atoms with E-state index in [1.165, 1.54) is 43.6 Å². The summed E-state index contributed by atoms with van der Waals surface area (Å²) in [6.45, 7) is 11.1. The van der Waals surface area contributed by atoms with Crippen LogP contribution in [0.1, 0.15) is 0 Å². The number of β-amino-alcohol motifs (C(OH)–C–C–N with tert-alkyl or cyclic N) is 2. The Labute approximate surface area is 277 Å². The van der Waals surface area contributed by atoms with E-state index in [4.69, 9.17) is 0 Å². The summed E-state index contributed by atoms with van der Waals surface area (Å²) < 4.78 is 4.53. The molecule has 0 aliphatic carbocycles. The topological polar surface area (TPSA) is 72.1 Å². The van der Waals surface area contributed by atoms with Gasteiger partial charge in [-0.3, -0.25) is 9.80 Å². The van der Waals surface area contributed by atoms with Gasteiger partial charge in [0.15, 0.2) is 0 Å². The van der Waals surface area contributed by atoms with Gasteiger partial charge < -0.3 is 29.6 Å². The SMILES string of the molecule is CN1CCN(CC(O)Cn2c3ccccc3c3ccccc32)CC1.OC(CN1CCNCC1)Cn1c2ccccc2c2ccccc21. The summed E-state index contributed by atoms with van der Waals surface area (Å²) in [5.74, 6) is 0. The second-order valence-electron chi connectivity index (χ2n) is 13.3. The van der Waals surface area contributed by atoms with Crippen LogP contribution in [0.5, 0.6) is 0 Å². The fourth-order valence-electron chi connectivity index (χ4n) is 7.46. The predicted octanol–water partition coefficient (Wildman–Crippen LogP) is 4.46. The van der Waals surface area contributed by atoms with Crippen LogP contribution in [0.3, 0.4) is 0 Å². The lowest BCUT2D eigenvalue weighted by atomic mass is 10.2. The number of likely N-dealkylation sites (N-methyl/N-ethyl adjacent to an activating group) is 1. The van der Waals surface area contributed by atoms with Gasteiger partial charge in [0.05, 0.1) is 25.3 Å². The summed E-state index contributed by atoms with van der Waals surface area (Å²) in [7, 11) is 2.16. The van der Waals surface area contributed by atoms with E-state index in [9.17, 15) is 10.2 Å². The van der Waals surface area contributed by atoms with Gasteiger partial charge in [-0.05, 0) is 31.3 Å². The zero-order valence-electron chi connectivity index (χ0n) is 27.5. The highest BCUT2D eigenvalue weighted by molar-refractivity contribution is 6.08. The first kappa shape index (κ1) is 31.8. The predicted molar refractivity (Wildman–Crippen MR) is 194 cm³/mol. The Morgan fingerprint density at radius 3 is 1.21 bits per heavy atom. The Morgan fingerprint density at radius 1 is 0.489 bits per heavy atom. The monoisotopic (exact) mass is 632 g/mol. The molecule has 4 aromatic carbocycles. The molecule has 246 valence electrons. The number of hydrogen-bond acceptors (Lipinski definition) is 6. The Balaban J connectivity index is 0.000000150. The smallest absolute Gasteiger partial charge is 0.0845 e. The number of aliphatic hydroxyl groups excluding tert-OH is 2. The number of nitrogens with one attached hydrogen (secondary N) is 1. The van der Waals surface area contributed by atoms with Crippen molar-refractivity contribution in [2.75, 3.05) is 72.5 Å². The third kappa shape index (κ3) is 7.09. The minimum absolute atomic E-state index is 0.354. The van der Waals surface area contributed by atoms with Crippen molar-refractivity contribution in [2.24, 2.45) is 0 Å². The third-order valence-electron chi connectivity index (χ3n) is 9.89. The molecule has 8 nitrogen and oxygen atoms in total. The van der Waals surface area contributed by atoms with Crippen LogP contribution < -0.4 is 5.32 Å². The van der Waals surface area contributed by atoms with Gasteiger partial charge in [-0.1, -0.05) is 72.8 Å². The Morgan fingerprint density at radius 2 is 0.830 bits per heavy atom. The van der Waals surface area contributed by atoms with Crippen LogP contribution in [0.15, 0.2) is 97.1 Å².